The maximum absolute atomic E-state index is 10.1. The van der Waals surface area contributed by atoms with Crippen molar-refractivity contribution >= 4 is 5.97 Å². The van der Waals surface area contributed by atoms with Crippen LogP contribution in [-0.4, -0.2) is 22.8 Å². The minimum Gasteiger partial charge on any atom is -0.478 e. The normalized spacial score (nSPS) is 11.6. The number of aliphatic hydroxyl groups excluding tert-OH is 1. The Morgan fingerprint density at radius 1 is 1.67 bits per heavy atom. The highest BCUT2D eigenvalue weighted by Gasteiger charge is 1.96. The van der Waals surface area contributed by atoms with Gasteiger partial charge in [-0.1, -0.05) is 6.08 Å². The third kappa shape index (κ3) is 3.73. The van der Waals surface area contributed by atoms with Gasteiger partial charge < -0.3 is 10.2 Å². The molecule has 0 saturated heterocycles. The molecule has 0 radical (unpaired) electrons. The fourth-order valence-electron chi connectivity index (χ4n) is 0.368. The quantitative estimate of drug-likeness (QED) is 0.543. The third-order valence-corrected chi connectivity index (χ3v) is 0.917. The number of rotatable bonds is 3. The molecule has 52 valence electrons. The van der Waals surface area contributed by atoms with Gasteiger partial charge in [0.15, 0.2) is 0 Å². The maximum atomic E-state index is 10.1. The number of carboxylic acids is 1. The van der Waals surface area contributed by atoms with Crippen molar-refractivity contribution in [3.63, 3.8) is 0 Å². The molecule has 0 heterocycles. The summed E-state index contributed by atoms with van der Waals surface area (Å²) < 4.78 is 0. The summed E-state index contributed by atoms with van der Waals surface area (Å²) in [5, 5.41) is 16.5. The van der Waals surface area contributed by atoms with Crippen LogP contribution >= 0.6 is 0 Å². The Balaban J connectivity index is 3.69. The summed E-state index contributed by atoms with van der Waals surface area (Å²) in [5.41, 5.74) is 0.282. The smallest absolute Gasteiger partial charge is 0.330 e. The molecule has 0 aromatic heterocycles. The molecule has 0 atom stereocenters. The molecule has 3 nitrogen and oxygen atoms in total. The van der Waals surface area contributed by atoms with Gasteiger partial charge in [-0.15, -0.1) is 0 Å². The first-order valence-corrected chi connectivity index (χ1v) is 2.69. The third-order valence-electron chi connectivity index (χ3n) is 0.917. The van der Waals surface area contributed by atoms with Gasteiger partial charge in [-0.25, -0.2) is 4.79 Å². The summed E-state index contributed by atoms with van der Waals surface area (Å²) in [4.78, 5) is 10.1. The van der Waals surface area contributed by atoms with Crippen LogP contribution in [0.3, 0.4) is 0 Å². The first-order chi connectivity index (χ1) is 4.18. The number of aliphatic carboxylic acids is 1. The summed E-state index contributed by atoms with van der Waals surface area (Å²) >= 11 is 0. The molecule has 0 aliphatic heterocycles. The van der Waals surface area contributed by atoms with Gasteiger partial charge in [0, 0.05) is 12.2 Å². The first kappa shape index (κ1) is 8.17. The summed E-state index contributed by atoms with van der Waals surface area (Å²) in [7, 11) is 0. The molecule has 9 heavy (non-hydrogen) atoms. The van der Waals surface area contributed by atoms with Crippen LogP contribution in [0, 0.1) is 0 Å². The second-order valence-electron chi connectivity index (χ2n) is 1.70. The summed E-state index contributed by atoms with van der Waals surface area (Å²) in [5.74, 6) is -0.927. The van der Waals surface area contributed by atoms with E-state index in [1.807, 2.05) is 0 Å². The van der Waals surface area contributed by atoms with Crippen LogP contribution < -0.4 is 0 Å². The summed E-state index contributed by atoms with van der Waals surface area (Å²) in [6, 6.07) is 0. The second-order valence-corrected chi connectivity index (χ2v) is 1.70. The van der Waals surface area contributed by atoms with E-state index in [0.717, 1.165) is 0 Å². The van der Waals surface area contributed by atoms with Gasteiger partial charge in [0.05, 0.1) is 0 Å². The predicted molar refractivity (Wildman–Crippen MR) is 33.1 cm³/mol. The van der Waals surface area contributed by atoms with Crippen LogP contribution in [-0.2, 0) is 4.79 Å². The van der Waals surface area contributed by atoms with Gasteiger partial charge in [-0.3, -0.25) is 0 Å². The lowest BCUT2D eigenvalue weighted by atomic mass is 10.2. The number of carbonyl (C=O) groups is 1. The zero-order valence-electron chi connectivity index (χ0n) is 5.29. The molecule has 0 fully saturated rings. The van der Waals surface area contributed by atoms with Crippen LogP contribution in [0.2, 0.25) is 0 Å². The maximum Gasteiger partial charge on any atom is 0.330 e. The van der Waals surface area contributed by atoms with Crippen LogP contribution in [0.4, 0.5) is 0 Å². The van der Waals surface area contributed by atoms with E-state index in [4.69, 9.17) is 10.2 Å². The fraction of sp³-hybridized carbons (Fsp3) is 0.500. The van der Waals surface area contributed by atoms with Crippen LogP contribution in [0.5, 0.6) is 0 Å². The van der Waals surface area contributed by atoms with E-state index in [-0.39, 0.29) is 12.2 Å². The fourth-order valence-corrected chi connectivity index (χ4v) is 0.368. The van der Waals surface area contributed by atoms with Gasteiger partial charge in [-0.05, 0) is 13.3 Å². The van der Waals surface area contributed by atoms with Crippen molar-refractivity contribution in [3.05, 3.63) is 11.6 Å². The second kappa shape index (κ2) is 4.09. The Bertz CT molecular complexity index is 126. The molecule has 0 aromatic rings. The lowest BCUT2D eigenvalue weighted by molar-refractivity contribution is -0.132. The summed E-state index contributed by atoms with van der Waals surface area (Å²) in [6.45, 7) is 1.50. The largest absolute Gasteiger partial charge is 0.478 e. The number of aliphatic hydroxyl groups is 1. The Morgan fingerprint density at radius 3 is 2.56 bits per heavy atom. The van der Waals surface area contributed by atoms with E-state index < -0.39 is 5.97 Å². The molecule has 0 saturated carbocycles. The van der Waals surface area contributed by atoms with Crippen molar-refractivity contribution in [1.29, 1.82) is 0 Å². The van der Waals surface area contributed by atoms with Gasteiger partial charge in [0.25, 0.3) is 0 Å². The molecule has 0 amide bonds. The van der Waals surface area contributed by atoms with Gasteiger partial charge in [0.2, 0.25) is 0 Å². The highest BCUT2D eigenvalue weighted by Crippen LogP contribution is 1.93. The molecular weight excluding hydrogens is 120 g/mol. The first-order valence-electron chi connectivity index (χ1n) is 2.69. The van der Waals surface area contributed by atoms with E-state index in [1.54, 1.807) is 0 Å². The Labute approximate surface area is 53.6 Å². The lowest BCUT2D eigenvalue weighted by Crippen LogP contribution is -1.95. The molecule has 0 aromatic carbocycles. The average molecular weight is 130 g/mol. The topological polar surface area (TPSA) is 57.5 Å². The molecule has 0 rings (SSSR count). The van der Waals surface area contributed by atoms with Crippen molar-refractivity contribution in [1.82, 2.24) is 0 Å². The van der Waals surface area contributed by atoms with E-state index in [1.165, 1.54) is 13.0 Å². The SMILES string of the molecule is C/C(=C/CCO)C(=O)O. The molecule has 0 aliphatic carbocycles. The molecule has 2 N–H and O–H groups in total. The van der Waals surface area contributed by atoms with Crippen molar-refractivity contribution in [2.75, 3.05) is 6.61 Å². The van der Waals surface area contributed by atoms with Gasteiger partial charge >= 0.3 is 5.97 Å². The highest BCUT2D eigenvalue weighted by atomic mass is 16.4. The molecule has 0 unspecified atom stereocenters. The van der Waals surface area contributed by atoms with E-state index in [9.17, 15) is 4.79 Å². The van der Waals surface area contributed by atoms with Crippen LogP contribution in [0.25, 0.3) is 0 Å². The monoisotopic (exact) mass is 130 g/mol. The Morgan fingerprint density at radius 2 is 2.22 bits per heavy atom. The zero-order chi connectivity index (χ0) is 7.28. The number of hydrogen-bond donors (Lipinski definition) is 2. The minimum absolute atomic E-state index is 0.00458. The lowest BCUT2D eigenvalue weighted by Gasteiger charge is -1.89. The standard InChI is InChI=1S/C6H10O3/c1-5(6(8)9)3-2-4-7/h3,7H,2,4H2,1H3,(H,8,9)/b5-3-. The van der Waals surface area contributed by atoms with Crippen LogP contribution in [0.15, 0.2) is 11.6 Å². The highest BCUT2D eigenvalue weighted by molar-refractivity contribution is 5.85. The average Bonchev–Trinajstić information content (AvgIpc) is 1.82. The molecule has 3 heteroatoms. The van der Waals surface area contributed by atoms with E-state index in [0.29, 0.717) is 6.42 Å². The molecule has 0 aliphatic rings. The van der Waals surface area contributed by atoms with E-state index in [2.05, 4.69) is 0 Å². The van der Waals surface area contributed by atoms with Crippen molar-refractivity contribution in [3.8, 4) is 0 Å². The Kier molecular flexibility index (Phi) is 3.71. The minimum atomic E-state index is -0.927. The predicted octanol–water partition coefficient (Wildman–Crippen LogP) is 0.400. The van der Waals surface area contributed by atoms with Crippen LogP contribution in [0.1, 0.15) is 13.3 Å². The molecular formula is C6H10O3. The van der Waals surface area contributed by atoms with Gasteiger partial charge in [0.1, 0.15) is 0 Å². The number of hydrogen-bond acceptors (Lipinski definition) is 2. The molecule has 0 spiro atoms. The zero-order valence-corrected chi connectivity index (χ0v) is 5.29. The summed E-state index contributed by atoms with van der Waals surface area (Å²) in [6.07, 6.45) is 1.90. The van der Waals surface area contributed by atoms with Gasteiger partial charge in [-0.2, -0.15) is 0 Å². The van der Waals surface area contributed by atoms with Crippen molar-refractivity contribution in [2.45, 2.75) is 13.3 Å². The Hall–Kier alpha value is -0.830. The molecule has 0 bridgehead atoms. The van der Waals surface area contributed by atoms with Crippen molar-refractivity contribution < 1.29 is 15.0 Å². The number of carboxylic acid groups (broad SMARTS) is 1. The van der Waals surface area contributed by atoms with Crippen molar-refractivity contribution in [2.24, 2.45) is 0 Å². The van der Waals surface area contributed by atoms with E-state index >= 15 is 0 Å².